The predicted molar refractivity (Wildman–Crippen MR) is 108 cm³/mol. The normalized spacial score (nSPS) is 21.0. The highest BCUT2D eigenvalue weighted by Crippen LogP contribution is 2.38. The largest absolute Gasteiger partial charge is 0.371 e. The van der Waals surface area contributed by atoms with Gasteiger partial charge in [0.2, 0.25) is 5.91 Å². The lowest BCUT2D eigenvalue weighted by Gasteiger charge is -2.18. The number of benzene rings is 2. The molecule has 2 aromatic carbocycles. The molecular formula is C22H25N3O2. The van der Waals surface area contributed by atoms with E-state index in [2.05, 4.69) is 28.5 Å². The van der Waals surface area contributed by atoms with Gasteiger partial charge < -0.3 is 15.5 Å². The first-order chi connectivity index (χ1) is 13.1. The summed E-state index contributed by atoms with van der Waals surface area (Å²) in [5.74, 6) is 0.530. The second-order valence-corrected chi connectivity index (χ2v) is 7.58. The van der Waals surface area contributed by atoms with E-state index in [4.69, 9.17) is 0 Å². The number of nitrogens with zero attached hydrogens (tertiary/aromatic N) is 1. The quantitative estimate of drug-likeness (QED) is 0.839. The van der Waals surface area contributed by atoms with Gasteiger partial charge in [0, 0.05) is 41.6 Å². The van der Waals surface area contributed by atoms with Crippen molar-refractivity contribution >= 4 is 28.9 Å². The third-order valence-corrected chi connectivity index (χ3v) is 5.44. The Bertz CT molecular complexity index is 841. The van der Waals surface area contributed by atoms with Crippen LogP contribution in [0, 0.1) is 11.8 Å². The van der Waals surface area contributed by atoms with E-state index in [0.29, 0.717) is 11.5 Å². The minimum Gasteiger partial charge on any atom is -0.371 e. The first kappa shape index (κ1) is 17.6. The lowest BCUT2D eigenvalue weighted by molar-refractivity contribution is -0.117. The summed E-state index contributed by atoms with van der Waals surface area (Å²) in [5, 5.41) is 5.88. The van der Waals surface area contributed by atoms with Gasteiger partial charge in [0.1, 0.15) is 0 Å². The van der Waals surface area contributed by atoms with Gasteiger partial charge in [-0.15, -0.1) is 0 Å². The molecule has 27 heavy (non-hydrogen) atoms. The first-order valence-corrected chi connectivity index (χ1v) is 9.67. The van der Waals surface area contributed by atoms with Crippen molar-refractivity contribution in [3.63, 3.8) is 0 Å². The molecule has 140 valence electrons. The molecule has 2 aliphatic rings. The fourth-order valence-corrected chi connectivity index (χ4v) is 3.59. The zero-order chi connectivity index (χ0) is 18.8. The summed E-state index contributed by atoms with van der Waals surface area (Å²) in [4.78, 5) is 26.9. The predicted octanol–water partition coefficient (Wildman–Crippen LogP) is 4.13. The summed E-state index contributed by atoms with van der Waals surface area (Å²) in [6.07, 6.45) is 3.40. The van der Waals surface area contributed by atoms with Gasteiger partial charge in [-0.1, -0.05) is 13.0 Å². The summed E-state index contributed by atoms with van der Waals surface area (Å²) in [6.45, 7) is 4.23. The Kier molecular flexibility index (Phi) is 4.84. The number of anilines is 3. The Morgan fingerprint density at radius 2 is 1.67 bits per heavy atom. The molecule has 1 saturated heterocycles. The average molecular weight is 363 g/mol. The molecule has 0 aromatic heterocycles. The van der Waals surface area contributed by atoms with E-state index in [1.165, 1.54) is 12.8 Å². The van der Waals surface area contributed by atoms with Crippen LogP contribution in [0.2, 0.25) is 0 Å². The van der Waals surface area contributed by atoms with Crippen molar-refractivity contribution in [3.8, 4) is 0 Å². The molecule has 1 heterocycles. The van der Waals surface area contributed by atoms with Gasteiger partial charge in [-0.3, -0.25) is 9.59 Å². The number of carbonyl (C=O) groups excluding carboxylic acids is 2. The molecule has 4 rings (SSSR count). The zero-order valence-corrected chi connectivity index (χ0v) is 15.6. The topological polar surface area (TPSA) is 61.4 Å². The van der Waals surface area contributed by atoms with Gasteiger partial charge in [-0.25, -0.2) is 0 Å². The van der Waals surface area contributed by atoms with Crippen molar-refractivity contribution in [2.45, 2.75) is 26.2 Å². The Morgan fingerprint density at radius 1 is 0.963 bits per heavy atom. The van der Waals surface area contributed by atoms with E-state index in [9.17, 15) is 9.59 Å². The van der Waals surface area contributed by atoms with E-state index in [0.717, 1.165) is 36.6 Å². The van der Waals surface area contributed by atoms with Gasteiger partial charge in [0.15, 0.2) is 0 Å². The van der Waals surface area contributed by atoms with Crippen molar-refractivity contribution in [2.75, 3.05) is 28.6 Å². The van der Waals surface area contributed by atoms with Crippen LogP contribution in [-0.4, -0.2) is 24.9 Å². The molecule has 2 amide bonds. The van der Waals surface area contributed by atoms with Crippen LogP contribution in [0.5, 0.6) is 0 Å². The number of nitrogens with one attached hydrogen (secondary N) is 2. The lowest BCUT2D eigenvalue weighted by atomic mass is 10.1. The molecule has 2 aromatic rings. The molecule has 1 aliphatic heterocycles. The van der Waals surface area contributed by atoms with Gasteiger partial charge in [0.25, 0.3) is 5.91 Å². The molecule has 0 spiro atoms. The number of carbonyl (C=O) groups is 2. The lowest BCUT2D eigenvalue weighted by Crippen LogP contribution is -2.18. The molecule has 1 aliphatic carbocycles. The van der Waals surface area contributed by atoms with Crippen LogP contribution in [0.25, 0.3) is 0 Å². The van der Waals surface area contributed by atoms with Crippen molar-refractivity contribution in [1.29, 1.82) is 0 Å². The summed E-state index contributed by atoms with van der Waals surface area (Å²) in [7, 11) is 0. The first-order valence-electron chi connectivity index (χ1n) is 9.67. The Morgan fingerprint density at radius 3 is 2.33 bits per heavy atom. The van der Waals surface area contributed by atoms with E-state index in [-0.39, 0.29) is 17.7 Å². The van der Waals surface area contributed by atoms with Crippen molar-refractivity contribution < 1.29 is 9.59 Å². The van der Waals surface area contributed by atoms with E-state index in [1.54, 1.807) is 24.3 Å². The highest BCUT2D eigenvalue weighted by molar-refractivity contribution is 6.05. The second-order valence-electron chi connectivity index (χ2n) is 7.58. The van der Waals surface area contributed by atoms with Crippen molar-refractivity contribution in [1.82, 2.24) is 0 Å². The minimum atomic E-state index is -0.151. The Balaban J connectivity index is 1.38. The van der Waals surface area contributed by atoms with Crippen LogP contribution < -0.4 is 15.5 Å². The average Bonchev–Trinajstić information content (AvgIpc) is 3.18. The number of hydrogen-bond acceptors (Lipinski definition) is 3. The SMILES string of the molecule is CC1CC1C(=O)Nc1ccc(C(=O)Nc2cccc(N3CCCC3)c2)cc1. The number of hydrogen-bond donors (Lipinski definition) is 2. The van der Waals surface area contributed by atoms with E-state index >= 15 is 0 Å². The number of rotatable bonds is 5. The molecule has 2 N–H and O–H groups in total. The Hall–Kier alpha value is -2.82. The van der Waals surface area contributed by atoms with Gasteiger partial charge in [-0.05, 0) is 67.6 Å². The second kappa shape index (κ2) is 7.43. The van der Waals surface area contributed by atoms with Crippen LogP contribution in [0.1, 0.15) is 36.5 Å². The molecule has 0 bridgehead atoms. The summed E-state index contributed by atoms with van der Waals surface area (Å²) in [6, 6.07) is 15.0. The summed E-state index contributed by atoms with van der Waals surface area (Å²) in [5.41, 5.74) is 3.24. The molecule has 0 radical (unpaired) electrons. The minimum absolute atomic E-state index is 0.0680. The van der Waals surface area contributed by atoms with Crippen LogP contribution >= 0.6 is 0 Å². The van der Waals surface area contributed by atoms with Gasteiger partial charge in [-0.2, -0.15) is 0 Å². The third-order valence-electron chi connectivity index (χ3n) is 5.44. The Labute approximate surface area is 159 Å². The van der Waals surface area contributed by atoms with Gasteiger partial charge in [0.05, 0.1) is 0 Å². The van der Waals surface area contributed by atoms with Crippen LogP contribution in [-0.2, 0) is 4.79 Å². The van der Waals surface area contributed by atoms with Crippen LogP contribution in [0.15, 0.2) is 48.5 Å². The zero-order valence-electron chi connectivity index (χ0n) is 15.6. The monoisotopic (exact) mass is 363 g/mol. The number of amides is 2. The summed E-state index contributed by atoms with van der Waals surface area (Å²) >= 11 is 0. The fourth-order valence-electron chi connectivity index (χ4n) is 3.59. The molecule has 5 heteroatoms. The van der Waals surface area contributed by atoms with Crippen molar-refractivity contribution in [2.24, 2.45) is 11.8 Å². The fraction of sp³-hybridized carbons (Fsp3) is 0.364. The maximum absolute atomic E-state index is 12.5. The molecule has 5 nitrogen and oxygen atoms in total. The van der Waals surface area contributed by atoms with Gasteiger partial charge >= 0.3 is 0 Å². The highest BCUT2D eigenvalue weighted by Gasteiger charge is 2.39. The molecular weight excluding hydrogens is 338 g/mol. The standard InChI is InChI=1S/C22H25N3O2/c1-15-13-20(15)22(27)23-17-9-7-16(8-10-17)21(26)24-18-5-4-6-19(14-18)25-11-2-3-12-25/h4-10,14-15,20H,2-3,11-13H2,1H3,(H,23,27)(H,24,26). The summed E-state index contributed by atoms with van der Waals surface area (Å²) < 4.78 is 0. The molecule has 1 saturated carbocycles. The van der Waals surface area contributed by atoms with Crippen LogP contribution in [0.4, 0.5) is 17.1 Å². The smallest absolute Gasteiger partial charge is 0.255 e. The molecule has 2 atom stereocenters. The molecule has 2 unspecified atom stereocenters. The highest BCUT2D eigenvalue weighted by atomic mass is 16.2. The van der Waals surface area contributed by atoms with E-state index < -0.39 is 0 Å². The van der Waals surface area contributed by atoms with Crippen molar-refractivity contribution in [3.05, 3.63) is 54.1 Å². The maximum atomic E-state index is 12.5. The van der Waals surface area contributed by atoms with Crippen LogP contribution in [0.3, 0.4) is 0 Å². The molecule has 2 fully saturated rings. The third kappa shape index (κ3) is 4.13. The maximum Gasteiger partial charge on any atom is 0.255 e. The van der Waals surface area contributed by atoms with E-state index in [1.807, 2.05) is 18.2 Å².